The number of amides is 2. The van der Waals surface area contributed by atoms with Crippen molar-refractivity contribution >= 4 is 21.8 Å². The monoisotopic (exact) mass is 471 g/mol. The van der Waals surface area contributed by atoms with Gasteiger partial charge in [-0.25, -0.2) is 8.42 Å². The maximum atomic E-state index is 12.9. The van der Waals surface area contributed by atoms with E-state index in [1.165, 1.54) is 16.8 Å². The molecule has 2 aromatic rings. The predicted molar refractivity (Wildman–Crippen MR) is 128 cm³/mol. The highest BCUT2D eigenvalue weighted by atomic mass is 32.2. The van der Waals surface area contributed by atoms with Crippen molar-refractivity contribution in [1.29, 1.82) is 0 Å². The lowest BCUT2D eigenvalue weighted by Crippen LogP contribution is -2.41. The normalized spacial score (nSPS) is 16.9. The Morgan fingerprint density at radius 1 is 1.09 bits per heavy atom. The van der Waals surface area contributed by atoms with E-state index in [-0.39, 0.29) is 35.2 Å². The molecule has 3 rings (SSSR count). The Balaban J connectivity index is 1.71. The van der Waals surface area contributed by atoms with Gasteiger partial charge in [0.15, 0.2) is 0 Å². The second-order valence-corrected chi connectivity index (χ2v) is 10.3. The van der Waals surface area contributed by atoms with Gasteiger partial charge < -0.3 is 10.2 Å². The number of benzene rings is 2. The number of rotatable bonds is 8. The van der Waals surface area contributed by atoms with E-state index in [2.05, 4.69) is 5.32 Å². The molecule has 2 amide bonds. The van der Waals surface area contributed by atoms with Crippen LogP contribution in [0.1, 0.15) is 62.9 Å². The molecule has 0 aliphatic carbocycles. The maximum absolute atomic E-state index is 12.9. The van der Waals surface area contributed by atoms with Gasteiger partial charge in [0.1, 0.15) is 0 Å². The molecule has 8 heteroatoms. The van der Waals surface area contributed by atoms with Gasteiger partial charge in [-0.2, -0.15) is 4.31 Å². The fraction of sp³-hybridized carbons (Fsp3) is 0.440. The fourth-order valence-electron chi connectivity index (χ4n) is 4.45. The molecule has 178 valence electrons. The van der Waals surface area contributed by atoms with Crippen LogP contribution >= 0.6 is 0 Å². The van der Waals surface area contributed by atoms with Gasteiger partial charge in [-0.05, 0) is 42.2 Å². The second-order valence-electron chi connectivity index (χ2n) is 8.33. The zero-order valence-electron chi connectivity index (χ0n) is 19.7. The molecule has 0 saturated carbocycles. The van der Waals surface area contributed by atoms with Crippen molar-refractivity contribution in [2.75, 3.05) is 19.6 Å². The van der Waals surface area contributed by atoms with E-state index in [1.54, 1.807) is 29.2 Å². The molecule has 1 aliphatic rings. The molecule has 1 N–H and O–H groups in total. The number of fused-ring (bicyclic) bond motifs is 1. The molecule has 0 fully saturated rings. The summed E-state index contributed by atoms with van der Waals surface area (Å²) in [6, 6.07) is 14.0. The fourth-order valence-corrected chi connectivity index (χ4v) is 5.91. The van der Waals surface area contributed by atoms with Crippen molar-refractivity contribution in [3.8, 4) is 0 Å². The Labute approximate surface area is 196 Å². The van der Waals surface area contributed by atoms with Crippen molar-refractivity contribution in [2.45, 2.75) is 57.5 Å². The number of nitrogens with zero attached hydrogens (tertiary/aromatic N) is 2. The molecule has 2 unspecified atom stereocenters. The van der Waals surface area contributed by atoms with Crippen LogP contribution in [0.15, 0.2) is 53.4 Å². The Hall–Kier alpha value is -2.71. The Bertz CT molecular complexity index is 1090. The van der Waals surface area contributed by atoms with Crippen molar-refractivity contribution < 1.29 is 18.0 Å². The molecule has 1 heterocycles. The van der Waals surface area contributed by atoms with Crippen molar-refractivity contribution in [1.82, 2.24) is 14.5 Å². The van der Waals surface area contributed by atoms with Gasteiger partial charge >= 0.3 is 0 Å². The van der Waals surface area contributed by atoms with Crippen LogP contribution in [0.25, 0.3) is 0 Å². The average Bonchev–Trinajstić information content (AvgIpc) is 2.79. The van der Waals surface area contributed by atoms with Crippen LogP contribution in [0.5, 0.6) is 0 Å². The van der Waals surface area contributed by atoms with Gasteiger partial charge in [-0.1, -0.05) is 50.2 Å². The number of hydrogen-bond acceptors (Lipinski definition) is 4. The van der Waals surface area contributed by atoms with E-state index < -0.39 is 10.0 Å². The summed E-state index contributed by atoms with van der Waals surface area (Å²) in [4.78, 5) is 27.1. The van der Waals surface area contributed by atoms with Crippen molar-refractivity contribution in [3.05, 3.63) is 65.2 Å². The molecule has 2 aromatic carbocycles. The summed E-state index contributed by atoms with van der Waals surface area (Å²) < 4.78 is 26.8. The molecule has 7 nitrogen and oxygen atoms in total. The topological polar surface area (TPSA) is 86.8 Å². The third kappa shape index (κ3) is 5.45. The summed E-state index contributed by atoms with van der Waals surface area (Å²) in [7, 11) is -3.52. The Kier molecular flexibility index (Phi) is 7.92. The van der Waals surface area contributed by atoms with Gasteiger partial charge in [-0.15, -0.1) is 0 Å². The lowest BCUT2D eigenvalue weighted by atomic mass is 9.90. The highest BCUT2D eigenvalue weighted by Gasteiger charge is 2.31. The smallest absolute Gasteiger partial charge is 0.243 e. The van der Waals surface area contributed by atoms with E-state index in [4.69, 9.17) is 0 Å². The highest BCUT2D eigenvalue weighted by molar-refractivity contribution is 7.89. The zero-order valence-corrected chi connectivity index (χ0v) is 20.6. The minimum Gasteiger partial charge on any atom is -0.350 e. The number of carbonyl (C=O) groups excluding carboxylic acids is 2. The summed E-state index contributed by atoms with van der Waals surface area (Å²) in [6.45, 7) is 8.44. The first-order valence-electron chi connectivity index (χ1n) is 11.4. The van der Waals surface area contributed by atoms with E-state index in [9.17, 15) is 18.0 Å². The van der Waals surface area contributed by atoms with Crippen LogP contribution in [0.4, 0.5) is 0 Å². The van der Waals surface area contributed by atoms with Gasteiger partial charge in [0.25, 0.3) is 0 Å². The lowest BCUT2D eigenvalue weighted by Gasteiger charge is -2.36. The quantitative estimate of drug-likeness (QED) is 0.639. The van der Waals surface area contributed by atoms with Gasteiger partial charge in [0.05, 0.1) is 23.4 Å². The predicted octanol–water partition coefficient (Wildman–Crippen LogP) is 3.43. The molecule has 0 spiro atoms. The average molecular weight is 472 g/mol. The summed E-state index contributed by atoms with van der Waals surface area (Å²) in [6.07, 6.45) is 0.961. The second kappa shape index (κ2) is 10.5. The number of nitrogens with one attached hydrogen (secondary N) is 1. The largest absolute Gasteiger partial charge is 0.350 e. The first kappa shape index (κ1) is 24.9. The first-order valence-corrected chi connectivity index (χ1v) is 12.9. The first-order chi connectivity index (χ1) is 15.7. The highest BCUT2D eigenvalue weighted by Crippen LogP contribution is 2.32. The summed E-state index contributed by atoms with van der Waals surface area (Å²) in [5, 5.41) is 3.00. The van der Waals surface area contributed by atoms with E-state index >= 15 is 0 Å². The SMILES string of the molecule is CCN(CC)S(=O)(=O)c1ccc(C(C)NC(=O)CC2c3ccccc3CCN2C(C)=O)cc1. The third-order valence-electron chi connectivity index (χ3n) is 6.30. The Morgan fingerprint density at radius 3 is 2.33 bits per heavy atom. The minimum atomic E-state index is -3.52. The van der Waals surface area contributed by atoms with E-state index in [0.717, 1.165) is 17.5 Å². The molecule has 0 bridgehead atoms. The summed E-state index contributed by atoms with van der Waals surface area (Å²) in [5.41, 5.74) is 3.01. The number of sulfonamides is 1. The summed E-state index contributed by atoms with van der Waals surface area (Å²) >= 11 is 0. The summed E-state index contributed by atoms with van der Waals surface area (Å²) in [5.74, 6) is -0.198. The molecule has 1 aliphatic heterocycles. The van der Waals surface area contributed by atoms with Crippen LogP contribution in [-0.2, 0) is 26.0 Å². The third-order valence-corrected chi connectivity index (χ3v) is 8.36. The minimum absolute atomic E-state index is 0.0413. The molecule has 0 aromatic heterocycles. The van der Waals surface area contributed by atoms with Crippen molar-refractivity contribution in [3.63, 3.8) is 0 Å². The van der Waals surface area contributed by atoms with Crippen LogP contribution in [0, 0.1) is 0 Å². The van der Waals surface area contributed by atoms with Crippen LogP contribution in [0.2, 0.25) is 0 Å². The Morgan fingerprint density at radius 2 is 1.73 bits per heavy atom. The molecule has 0 radical (unpaired) electrons. The van der Waals surface area contributed by atoms with Crippen LogP contribution in [0.3, 0.4) is 0 Å². The van der Waals surface area contributed by atoms with Crippen molar-refractivity contribution in [2.24, 2.45) is 0 Å². The van der Waals surface area contributed by atoms with Crippen LogP contribution in [-0.4, -0.2) is 49.1 Å². The lowest BCUT2D eigenvalue weighted by molar-refractivity contribution is -0.133. The van der Waals surface area contributed by atoms with Gasteiger partial charge in [0, 0.05) is 26.6 Å². The maximum Gasteiger partial charge on any atom is 0.243 e. The molecule has 33 heavy (non-hydrogen) atoms. The van der Waals surface area contributed by atoms with E-state index in [1.807, 2.05) is 45.0 Å². The van der Waals surface area contributed by atoms with Gasteiger partial charge in [-0.3, -0.25) is 9.59 Å². The number of hydrogen-bond donors (Lipinski definition) is 1. The van der Waals surface area contributed by atoms with Crippen LogP contribution < -0.4 is 5.32 Å². The molecule has 0 saturated heterocycles. The van der Waals surface area contributed by atoms with Gasteiger partial charge in [0.2, 0.25) is 21.8 Å². The molecular formula is C25H33N3O4S. The standard InChI is InChI=1S/C25H33N3O4S/c1-5-27(6-2)33(31,32)22-13-11-20(12-14-22)18(3)26-25(30)17-24-23-10-8-7-9-21(23)15-16-28(24)19(4)29/h7-14,18,24H,5-6,15-17H2,1-4H3,(H,26,30). The molecular weight excluding hydrogens is 438 g/mol. The molecule has 2 atom stereocenters. The zero-order chi connectivity index (χ0) is 24.2. The van der Waals surface area contributed by atoms with E-state index in [0.29, 0.717) is 19.6 Å². The number of carbonyl (C=O) groups is 2.